The third-order valence-electron chi connectivity index (χ3n) is 2.41. The highest BCUT2D eigenvalue weighted by Crippen LogP contribution is 2.30. The third kappa shape index (κ3) is 3.13. The zero-order valence-corrected chi connectivity index (χ0v) is 12.3. The number of carboxylic acid groups (broad SMARTS) is 1. The Labute approximate surface area is 118 Å². The first-order valence-electron chi connectivity index (χ1n) is 5.16. The maximum absolute atomic E-state index is 12.1. The topological polar surface area (TPSA) is 74.6 Å². The molecule has 0 spiro atoms. The summed E-state index contributed by atoms with van der Waals surface area (Å²) in [4.78, 5) is 23.2. The predicted octanol–water partition coefficient (Wildman–Crippen LogP) is 2.49. The van der Waals surface area contributed by atoms with Crippen molar-refractivity contribution in [2.45, 2.75) is 22.8 Å². The molecule has 1 rings (SSSR count). The fourth-order valence-electron chi connectivity index (χ4n) is 1.54. The second kappa shape index (κ2) is 6.36. The number of aliphatic carboxylic acids is 1. The number of ketones is 1. The van der Waals surface area contributed by atoms with E-state index in [-0.39, 0.29) is 16.9 Å². The van der Waals surface area contributed by atoms with Crippen molar-refractivity contribution < 1.29 is 19.8 Å². The van der Waals surface area contributed by atoms with E-state index in [9.17, 15) is 14.7 Å². The van der Waals surface area contributed by atoms with Crippen LogP contribution in [0.2, 0.25) is 0 Å². The second-order valence-corrected chi connectivity index (χ2v) is 5.87. The Hall–Kier alpha value is -0.850. The van der Waals surface area contributed by atoms with Gasteiger partial charge in [-0.1, -0.05) is 28.1 Å². The van der Waals surface area contributed by atoms with Crippen LogP contribution in [0, 0.1) is 0 Å². The van der Waals surface area contributed by atoms with Crippen LogP contribution in [0.5, 0.6) is 0 Å². The first kappa shape index (κ1) is 15.2. The Morgan fingerprint density at radius 1 is 1.39 bits per heavy atom. The molecule has 0 aliphatic rings. The first-order chi connectivity index (χ1) is 8.40. The number of alkyl halides is 1. The van der Waals surface area contributed by atoms with Crippen LogP contribution >= 0.6 is 27.7 Å². The quantitative estimate of drug-likeness (QED) is 0.492. The van der Waals surface area contributed by atoms with Crippen molar-refractivity contribution in [2.75, 3.05) is 6.26 Å². The number of aliphatic hydroxyl groups is 1. The molecule has 6 heteroatoms. The van der Waals surface area contributed by atoms with Crippen LogP contribution in [-0.4, -0.2) is 33.0 Å². The van der Waals surface area contributed by atoms with Gasteiger partial charge in [-0.25, -0.2) is 4.79 Å². The van der Waals surface area contributed by atoms with E-state index in [4.69, 9.17) is 5.11 Å². The molecular weight excluding hydrogens is 320 g/mol. The molecule has 0 aliphatic heterocycles. The number of carbonyl (C=O) groups excluding carboxylic acids is 1. The van der Waals surface area contributed by atoms with Gasteiger partial charge in [-0.05, 0) is 19.2 Å². The molecule has 4 nitrogen and oxygen atoms in total. The molecule has 2 atom stereocenters. The predicted molar refractivity (Wildman–Crippen MR) is 73.5 cm³/mol. The summed E-state index contributed by atoms with van der Waals surface area (Å²) in [7, 11) is 0. The molecule has 0 aliphatic carbocycles. The van der Waals surface area contributed by atoms with Gasteiger partial charge in [-0.3, -0.25) is 4.79 Å². The van der Waals surface area contributed by atoms with Crippen molar-refractivity contribution >= 4 is 39.4 Å². The number of rotatable bonds is 5. The molecule has 0 fully saturated rings. The van der Waals surface area contributed by atoms with E-state index in [0.29, 0.717) is 4.90 Å². The van der Waals surface area contributed by atoms with E-state index in [1.807, 2.05) is 0 Å². The summed E-state index contributed by atoms with van der Waals surface area (Å²) >= 11 is 4.51. The van der Waals surface area contributed by atoms with Gasteiger partial charge >= 0.3 is 5.97 Å². The second-order valence-electron chi connectivity index (χ2n) is 3.65. The summed E-state index contributed by atoms with van der Waals surface area (Å²) in [6.07, 6.45) is 0.101. The van der Waals surface area contributed by atoms with Crippen LogP contribution in [0.4, 0.5) is 0 Å². The summed E-state index contributed by atoms with van der Waals surface area (Å²) in [6.45, 7) is 1.66. The molecule has 1 aromatic carbocycles. The normalized spacial score (nSPS) is 14.0. The number of halogens is 1. The minimum absolute atomic E-state index is 0.130. The highest BCUT2D eigenvalue weighted by atomic mass is 79.9. The monoisotopic (exact) mass is 332 g/mol. The standard InChI is InChI=1S/C12H13BrO4S/c1-6(13)10(14)9-7(11(15)12(16)17)4-3-5-8(9)18-2/h3-6,11,15H,1-2H3,(H,16,17). The van der Waals surface area contributed by atoms with E-state index in [2.05, 4.69) is 15.9 Å². The van der Waals surface area contributed by atoms with Gasteiger partial charge in [-0.15, -0.1) is 11.8 Å². The Balaban J connectivity index is 3.42. The number of hydrogen-bond acceptors (Lipinski definition) is 4. The first-order valence-corrected chi connectivity index (χ1v) is 7.30. The SMILES string of the molecule is CSc1cccc(C(O)C(=O)O)c1C(=O)C(C)Br. The van der Waals surface area contributed by atoms with E-state index < -0.39 is 16.9 Å². The van der Waals surface area contributed by atoms with E-state index >= 15 is 0 Å². The Morgan fingerprint density at radius 3 is 2.44 bits per heavy atom. The smallest absolute Gasteiger partial charge is 0.337 e. The molecule has 0 bridgehead atoms. The van der Waals surface area contributed by atoms with Crippen LogP contribution in [0.3, 0.4) is 0 Å². The lowest BCUT2D eigenvalue weighted by atomic mass is 9.98. The average Bonchev–Trinajstić information content (AvgIpc) is 2.35. The van der Waals surface area contributed by atoms with Gasteiger partial charge in [0.25, 0.3) is 0 Å². The minimum Gasteiger partial charge on any atom is -0.479 e. The minimum atomic E-state index is -1.69. The maximum atomic E-state index is 12.1. The fraction of sp³-hybridized carbons (Fsp3) is 0.333. The number of Topliss-reactive ketones (excluding diaryl/α,β-unsaturated/α-hetero) is 1. The average molecular weight is 333 g/mol. The molecule has 0 aromatic heterocycles. The van der Waals surface area contributed by atoms with Crippen LogP contribution in [0.15, 0.2) is 23.1 Å². The molecular formula is C12H13BrO4S. The Morgan fingerprint density at radius 2 is 2.00 bits per heavy atom. The lowest BCUT2D eigenvalue weighted by Crippen LogP contribution is -2.19. The van der Waals surface area contributed by atoms with Gasteiger partial charge in [-0.2, -0.15) is 0 Å². The molecule has 1 aromatic rings. The Bertz CT molecular complexity index is 473. The fourth-order valence-corrected chi connectivity index (χ4v) is 2.41. The number of carbonyl (C=O) groups is 2. The van der Waals surface area contributed by atoms with Crippen molar-refractivity contribution in [3.05, 3.63) is 29.3 Å². The maximum Gasteiger partial charge on any atom is 0.337 e. The molecule has 98 valence electrons. The summed E-state index contributed by atoms with van der Waals surface area (Å²) in [5.41, 5.74) is 0.398. The number of thioether (sulfide) groups is 1. The summed E-state index contributed by atoms with van der Waals surface area (Å²) < 4.78 is 0. The Kier molecular flexibility index (Phi) is 5.37. The van der Waals surface area contributed by atoms with Gasteiger partial charge in [0, 0.05) is 16.0 Å². The van der Waals surface area contributed by atoms with Crippen molar-refractivity contribution in [3.63, 3.8) is 0 Å². The zero-order valence-electron chi connectivity index (χ0n) is 9.88. The van der Waals surface area contributed by atoms with E-state index in [1.54, 1.807) is 25.3 Å². The van der Waals surface area contributed by atoms with Crippen molar-refractivity contribution in [2.24, 2.45) is 0 Å². The van der Waals surface area contributed by atoms with E-state index in [0.717, 1.165) is 0 Å². The lowest BCUT2D eigenvalue weighted by molar-refractivity contribution is -0.146. The van der Waals surface area contributed by atoms with Crippen molar-refractivity contribution in [1.82, 2.24) is 0 Å². The van der Waals surface area contributed by atoms with Crippen LogP contribution < -0.4 is 0 Å². The molecule has 0 amide bonds. The van der Waals surface area contributed by atoms with Gasteiger partial charge in [0.05, 0.1) is 4.83 Å². The molecule has 0 saturated heterocycles. The van der Waals surface area contributed by atoms with Crippen molar-refractivity contribution in [3.8, 4) is 0 Å². The van der Waals surface area contributed by atoms with Gasteiger partial charge < -0.3 is 10.2 Å². The highest BCUT2D eigenvalue weighted by Gasteiger charge is 2.26. The highest BCUT2D eigenvalue weighted by molar-refractivity contribution is 9.10. The van der Waals surface area contributed by atoms with Crippen molar-refractivity contribution in [1.29, 1.82) is 0 Å². The third-order valence-corrected chi connectivity index (χ3v) is 3.61. The molecule has 0 saturated carbocycles. The van der Waals surface area contributed by atoms with E-state index in [1.165, 1.54) is 17.8 Å². The summed E-state index contributed by atoms with van der Waals surface area (Å²) in [5, 5.41) is 18.5. The van der Waals surface area contributed by atoms with Crippen LogP contribution in [0.1, 0.15) is 28.9 Å². The molecule has 0 heterocycles. The molecule has 2 N–H and O–H groups in total. The number of hydrogen-bond donors (Lipinski definition) is 2. The molecule has 2 unspecified atom stereocenters. The number of carboxylic acids is 1. The van der Waals surface area contributed by atoms with Crippen LogP contribution in [-0.2, 0) is 4.79 Å². The molecule has 0 radical (unpaired) electrons. The van der Waals surface area contributed by atoms with Gasteiger partial charge in [0.2, 0.25) is 0 Å². The summed E-state index contributed by atoms with van der Waals surface area (Å²) in [6, 6.07) is 4.81. The zero-order chi connectivity index (χ0) is 13.9. The van der Waals surface area contributed by atoms with Crippen LogP contribution in [0.25, 0.3) is 0 Å². The number of aliphatic hydroxyl groups excluding tert-OH is 1. The molecule has 18 heavy (non-hydrogen) atoms. The van der Waals surface area contributed by atoms with Gasteiger partial charge in [0.1, 0.15) is 0 Å². The van der Waals surface area contributed by atoms with Gasteiger partial charge in [0.15, 0.2) is 11.9 Å². The largest absolute Gasteiger partial charge is 0.479 e. The number of benzene rings is 1. The lowest BCUT2D eigenvalue weighted by Gasteiger charge is -2.15. The summed E-state index contributed by atoms with van der Waals surface area (Å²) in [5.74, 6) is -1.61.